The molecule has 1 aromatic carbocycles. The number of hydrogen-bond acceptors (Lipinski definition) is 11. The Morgan fingerprint density at radius 3 is 2.27 bits per heavy atom. The number of piperidine rings is 1. The van der Waals surface area contributed by atoms with Crippen LogP contribution in [-0.4, -0.2) is 117 Å². The summed E-state index contributed by atoms with van der Waals surface area (Å²) in [5.74, 6) is -1.76. The van der Waals surface area contributed by atoms with Gasteiger partial charge in [-0.25, -0.2) is 9.78 Å². The predicted octanol–water partition coefficient (Wildman–Crippen LogP) is 8.50. The summed E-state index contributed by atoms with van der Waals surface area (Å²) in [6.45, 7) is 23.4. The number of likely N-dealkylation sites (tertiary alicyclic amines) is 1. The summed E-state index contributed by atoms with van der Waals surface area (Å²) in [4.78, 5) is 76.6. The molecule has 0 spiro atoms. The minimum Gasteiger partial charge on any atom is -0.508 e. The Kier molecular flexibility index (Phi) is 22.8. The minimum absolute atomic E-state index is 0.00338. The van der Waals surface area contributed by atoms with Crippen LogP contribution >= 0.6 is 11.3 Å². The predicted molar refractivity (Wildman–Crippen MR) is 260 cm³/mol. The monoisotopic (exact) mass is 943 g/mol. The van der Waals surface area contributed by atoms with Gasteiger partial charge in [-0.1, -0.05) is 78.9 Å². The standard InChI is InChI=1S/C50H82N6O9S/c1-12-15-16-18-27-56(46(60)42(34(6)13-2)54-44(59)39-20-17-19-26-55(39)28-25-51-48(63)65-49(7,8)9)40(33(4)5)30-41(64-14-3)45-53-38(32-66-45)43(58)52-36(31-50(10,11)47(61)62)29-35-21-23-37(57)24-22-35/h21-24,32-34,36,39-42,57H,12-20,25-31H2,1-11H3,(H,51,63)(H,52,58)(H,54,59)(H,61,62)/t34?,36?,39-,40?,41?,42?/m1/s1. The molecule has 1 fully saturated rings. The topological polar surface area (TPSA) is 200 Å². The van der Waals surface area contributed by atoms with Crippen molar-refractivity contribution in [1.82, 2.24) is 30.7 Å². The van der Waals surface area contributed by atoms with Crippen molar-refractivity contribution in [2.45, 2.75) is 183 Å². The lowest BCUT2D eigenvalue weighted by atomic mass is 9.84. The maximum Gasteiger partial charge on any atom is 0.407 e. The van der Waals surface area contributed by atoms with Gasteiger partial charge in [-0.3, -0.25) is 24.1 Å². The lowest BCUT2D eigenvalue weighted by Gasteiger charge is -2.40. The van der Waals surface area contributed by atoms with Gasteiger partial charge in [0.2, 0.25) is 11.8 Å². The second-order valence-corrected chi connectivity index (χ2v) is 20.8. The molecule has 0 radical (unpaired) electrons. The van der Waals surface area contributed by atoms with Crippen LogP contribution in [-0.2, 0) is 30.3 Å². The zero-order chi connectivity index (χ0) is 49.2. The zero-order valence-corrected chi connectivity index (χ0v) is 42.6. The van der Waals surface area contributed by atoms with E-state index in [4.69, 9.17) is 14.5 Å². The molecule has 1 saturated heterocycles. The van der Waals surface area contributed by atoms with Crippen molar-refractivity contribution >= 4 is 41.1 Å². The number of carbonyl (C=O) groups is 5. The summed E-state index contributed by atoms with van der Waals surface area (Å²) >= 11 is 1.31. The number of aromatic hydroxyl groups is 1. The molecule has 3 rings (SSSR count). The van der Waals surface area contributed by atoms with Gasteiger partial charge in [0.25, 0.3) is 5.91 Å². The molecular weight excluding hydrogens is 861 g/mol. The van der Waals surface area contributed by atoms with Gasteiger partial charge < -0.3 is 40.5 Å². The van der Waals surface area contributed by atoms with Crippen molar-refractivity contribution in [3.05, 3.63) is 45.9 Å². The van der Waals surface area contributed by atoms with Gasteiger partial charge >= 0.3 is 12.1 Å². The molecule has 66 heavy (non-hydrogen) atoms. The molecule has 6 atom stereocenters. The molecule has 0 saturated carbocycles. The third kappa shape index (κ3) is 18.1. The highest BCUT2D eigenvalue weighted by atomic mass is 32.1. The third-order valence-electron chi connectivity index (χ3n) is 12.4. The largest absolute Gasteiger partial charge is 0.508 e. The molecule has 2 heterocycles. The quantitative estimate of drug-likeness (QED) is 0.0538. The first-order valence-electron chi connectivity index (χ1n) is 24.3. The van der Waals surface area contributed by atoms with Gasteiger partial charge in [0.1, 0.15) is 34.2 Å². The molecular formula is C50H82N6O9S. The first kappa shape index (κ1) is 56.0. The van der Waals surface area contributed by atoms with E-state index in [1.165, 1.54) is 11.3 Å². The number of unbranched alkanes of at least 4 members (excludes halogenated alkanes) is 3. The van der Waals surface area contributed by atoms with Gasteiger partial charge in [-0.05, 0) is 110 Å². The number of carboxylic acids is 1. The molecule has 1 aliphatic rings. The number of alkyl carbamates (subject to hydrolysis) is 1. The molecule has 4 amide bonds. The number of amides is 4. The Balaban J connectivity index is 1.89. The maximum atomic E-state index is 15.2. The van der Waals surface area contributed by atoms with Crippen LogP contribution in [0, 0.1) is 17.3 Å². The van der Waals surface area contributed by atoms with E-state index < -0.39 is 53.2 Å². The van der Waals surface area contributed by atoms with E-state index in [9.17, 15) is 29.4 Å². The van der Waals surface area contributed by atoms with Crippen molar-refractivity contribution < 1.29 is 43.7 Å². The fourth-order valence-electron chi connectivity index (χ4n) is 8.44. The Bertz CT molecular complexity index is 1830. The number of rotatable bonds is 27. The Labute approximate surface area is 398 Å². The van der Waals surface area contributed by atoms with Crippen LogP contribution in [0.1, 0.15) is 168 Å². The second-order valence-electron chi connectivity index (χ2n) is 19.9. The SMILES string of the molecule is CCCCCCN(C(=O)C(NC(=O)[C@H]1CCCCN1CCNC(=O)OC(C)(C)C)C(C)CC)C(CC(OCC)c1nc(C(=O)NC(Cc2ccc(O)cc2)CC(C)(C)C(=O)O)cs1)C(C)C. The summed E-state index contributed by atoms with van der Waals surface area (Å²) in [5, 5.41) is 31.1. The van der Waals surface area contributed by atoms with E-state index in [2.05, 4.69) is 41.6 Å². The maximum absolute atomic E-state index is 15.2. The van der Waals surface area contributed by atoms with Crippen LogP contribution in [0.4, 0.5) is 4.79 Å². The highest BCUT2D eigenvalue weighted by molar-refractivity contribution is 7.09. The number of benzene rings is 1. The first-order chi connectivity index (χ1) is 31.1. The Hall–Kier alpha value is -4.28. The van der Waals surface area contributed by atoms with E-state index in [0.717, 1.165) is 44.1 Å². The number of ether oxygens (including phenoxy) is 2. The summed E-state index contributed by atoms with van der Waals surface area (Å²) in [5.41, 5.74) is -0.719. The highest BCUT2D eigenvalue weighted by Crippen LogP contribution is 2.32. The number of carbonyl (C=O) groups excluding carboxylic acids is 4. The van der Waals surface area contributed by atoms with Crippen molar-refractivity contribution in [3.8, 4) is 5.75 Å². The van der Waals surface area contributed by atoms with Gasteiger partial charge in [0, 0.05) is 50.1 Å². The number of hydrogen-bond donors (Lipinski definition) is 5. The number of aromatic nitrogens is 1. The number of thiazole rings is 1. The van der Waals surface area contributed by atoms with Crippen LogP contribution in [0.25, 0.3) is 0 Å². The summed E-state index contributed by atoms with van der Waals surface area (Å²) < 4.78 is 11.8. The van der Waals surface area contributed by atoms with Crippen molar-refractivity contribution in [3.63, 3.8) is 0 Å². The number of aliphatic carboxylic acids is 1. The molecule has 16 heteroatoms. The molecule has 0 bridgehead atoms. The molecule has 5 N–H and O–H groups in total. The lowest BCUT2D eigenvalue weighted by molar-refractivity contribution is -0.147. The normalized spacial score (nSPS) is 17.0. The van der Waals surface area contributed by atoms with E-state index in [-0.39, 0.29) is 47.6 Å². The van der Waals surface area contributed by atoms with Gasteiger partial charge in [0.15, 0.2) is 0 Å². The summed E-state index contributed by atoms with van der Waals surface area (Å²) in [6.07, 6.45) is 6.87. The van der Waals surface area contributed by atoms with Crippen molar-refractivity contribution in [2.75, 3.05) is 32.8 Å². The minimum atomic E-state index is -1.12. The fourth-order valence-corrected chi connectivity index (χ4v) is 9.30. The number of nitrogens with one attached hydrogen (secondary N) is 3. The summed E-state index contributed by atoms with van der Waals surface area (Å²) in [6, 6.07) is 4.58. The van der Waals surface area contributed by atoms with Crippen LogP contribution in [0.5, 0.6) is 5.75 Å². The summed E-state index contributed by atoms with van der Waals surface area (Å²) in [7, 11) is 0. The number of phenolic OH excluding ortho intramolecular Hbond substituents is 1. The average Bonchev–Trinajstić information content (AvgIpc) is 3.75. The van der Waals surface area contributed by atoms with E-state index in [1.54, 1.807) is 43.5 Å². The molecule has 5 unspecified atom stereocenters. The van der Waals surface area contributed by atoms with E-state index in [1.807, 2.05) is 46.4 Å². The average molecular weight is 943 g/mol. The van der Waals surface area contributed by atoms with E-state index in [0.29, 0.717) is 63.5 Å². The van der Waals surface area contributed by atoms with Gasteiger partial charge in [0.05, 0.1) is 11.5 Å². The van der Waals surface area contributed by atoms with Crippen molar-refractivity contribution in [1.29, 1.82) is 0 Å². The Morgan fingerprint density at radius 2 is 1.67 bits per heavy atom. The smallest absolute Gasteiger partial charge is 0.407 e. The number of nitrogens with zero attached hydrogens (tertiary/aromatic N) is 3. The highest BCUT2D eigenvalue weighted by Gasteiger charge is 2.39. The molecule has 0 aliphatic carbocycles. The van der Waals surface area contributed by atoms with Gasteiger partial charge in [-0.15, -0.1) is 11.3 Å². The molecule has 15 nitrogen and oxygen atoms in total. The van der Waals surface area contributed by atoms with Crippen LogP contribution in [0.2, 0.25) is 0 Å². The fraction of sp³-hybridized carbons (Fsp3) is 0.720. The van der Waals surface area contributed by atoms with Gasteiger partial charge in [-0.2, -0.15) is 0 Å². The number of phenols is 1. The van der Waals surface area contributed by atoms with E-state index >= 15 is 4.79 Å². The zero-order valence-electron chi connectivity index (χ0n) is 41.7. The van der Waals surface area contributed by atoms with Crippen LogP contribution < -0.4 is 16.0 Å². The lowest BCUT2D eigenvalue weighted by Crippen LogP contribution is -2.59. The molecule has 2 aromatic rings. The van der Waals surface area contributed by atoms with Crippen LogP contribution in [0.3, 0.4) is 0 Å². The molecule has 1 aromatic heterocycles. The third-order valence-corrected chi connectivity index (χ3v) is 13.3. The Morgan fingerprint density at radius 1 is 0.970 bits per heavy atom. The second kappa shape index (κ2) is 26.9. The first-order valence-corrected chi connectivity index (χ1v) is 25.2. The van der Waals surface area contributed by atoms with Crippen LogP contribution in [0.15, 0.2) is 29.6 Å². The van der Waals surface area contributed by atoms with Crippen molar-refractivity contribution in [2.24, 2.45) is 17.3 Å². The molecule has 1 aliphatic heterocycles. The molecule has 372 valence electrons. The number of carboxylic acid groups (broad SMARTS) is 1.